The number of sulfonamides is 1. The van der Waals surface area contributed by atoms with Crippen molar-refractivity contribution in [2.24, 2.45) is 0 Å². The molecule has 0 aliphatic carbocycles. The van der Waals surface area contributed by atoms with Crippen molar-refractivity contribution in [2.45, 2.75) is 31.4 Å². The molecule has 0 unspecified atom stereocenters. The molecule has 0 radical (unpaired) electrons. The molecule has 154 valence electrons. The molecule has 2 N–H and O–H groups in total. The van der Waals surface area contributed by atoms with Gasteiger partial charge in [-0.3, -0.25) is 14.6 Å². The van der Waals surface area contributed by atoms with Crippen LogP contribution in [-0.4, -0.2) is 49.2 Å². The van der Waals surface area contributed by atoms with Crippen LogP contribution in [0.3, 0.4) is 0 Å². The summed E-state index contributed by atoms with van der Waals surface area (Å²) < 4.78 is 32.4. The highest BCUT2D eigenvalue weighted by molar-refractivity contribution is 7.89. The quantitative estimate of drug-likeness (QED) is 0.724. The van der Waals surface area contributed by atoms with Gasteiger partial charge >= 0.3 is 0 Å². The van der Waals surface area contributed by atoms with E-state index in [2.05, 4.69) is 15.6 Å². The van der Waals surface area contributed by atoms with Gasteiger partial charge < -0.3 is 15.4 Å². The van der Waals surface area contributed by atoms with Gasteiger partial charge in [-0.25, -0.2) is 8.42 Å². The number of carbonyl (C=O) groups is 2. The van der Waals surface area contributed by atoms with E-state index >= 15 is 0 Å². The summed E-state index contributed by atoms with van der Waals surface area (Å²) in [6, 6.07) is 8.24. The van der Waals surface area contributed by atoms with E-state index in [1.54, 1.807) is 44.3 Å². The maximum absolute atomic E-state index is 13.0. The molecule has 0 saturated carbocycles. The van der Waals surface area contributed by atoms with E-state index in [9.17, 15) is 18.0 Å². The van der Waals surface area contributed by atoms with Crippen LogP contribution in [0, 0.1) is 6.92 Å². The van der Waals surface area contributed by atoms with Gasteiger partial charge in [-0.1, -0.05) is 6.07 Å². The van der Waals surface area contributed by atoms with Gasteiger partial charge in [-0.15, -0.1) is 0 Å². The Labute approximate surface area is 169 Å². The van der Waals surface area contributed by atoms with Gasteiger partial charge in [-0.2, -0.15) is 4.31 Å². The molecular weight excluding hydrogens is 396 g/mol. The van der Waals surface area contributed by atoms with Gasteiger partial charge in [0.2, 0.25) is 15.9 Å². The normalized spacial score (nSPS) is 16.0. The Hall–Kier alpha value is -2.98. The van der Waals surface area contributed by atoms with Crippen LogP contribution in [0.1, 0.15) is 18.2 Å². The van der Waals surface area contributed by atoms with Gasteiger partial charge in [0.25, 0.3) is 5.91 Å². The van der Waals surface area contributed by atoms with Crippen LogP contribution in [0.15, 0.2) is 41.4 Å². The summed E-state index contributed by atoms with van der Waals surface area (Å²) in [5.41, 5.74) is 1.52. The van der Waals surface area contributed by atoms with E-state index in [-0.39, 0.29) is 29.6 Å². The van der Waals surface area contributed by atoms with Crippen molar-refractivity contribution in [1.82, 2.24) is 14.6 Å². The zero-order valence-electron chi connectivity index (χ0n) is 16.3. The fourth-order valence-corrected chi connectivity index (χ4v) is 4.17. The molecule has 1 aliphatic rings. The summed E-state index contributed by atoms with van der Waals surface area (Å²) in [5, 5.41) is 5.33. The summed E-state index contributed by atoms with van der Waals surface area (Å²) in [7, 11) is -2.61. The number of nitrogens with one attached hydrogen (secondary N) is 2. The van der Waals surface area contributed by atoms with Gasteiger partial charge in [0.05, 0.1) is 29.4 Å². The number of hydrogen-bond donors (Lipinski definition) is 2. The van der Waals surface area contributed by atoms with Crippen molar-refractivity contribution < 1.29 is 22.7 Å². The van der Waals surface area contributed by atoms with Crippen LogP contribution >= 0.6 is 0 Å². The van der Waals surface area contributed by atoms with Crippen molar-refractivity contribution in [3.63, 3.8) is 0 Å². The van der Waals surface area contributed by atoms with Gasteiger partial charge in [-0.05, 0) is 37.6 Å². The number of pyridine rings is 1. The van der Waals surface area contributed by atoms with E-state index in [0.717, 1.165) is 4.31 Å². The van der Waals surface area contributed by atoms with Gasteiger partial charge in [0.1, 0.15) is 5.75 Å². The van der Waals surface area contributed by atoms with E-state index < -0.39 is 22.0 Å². The average Bonchev–Trinajstić information content (AvgIpc) is 2.68. The number of benzene rings is 1. The summed E-state index contributed by atoms with van der Waals surface area (Å²) in [5.74, 6) is -0.474. The number of amides is 2. The molecule has 10 heteroatoms. The minimum atomic E-state index is -3.95. The lowest BCUT2D eigenvalue weighted by Crippen LogP contribution is -2.38. The van der Waals surface area contributed by atoms with Crippen molar-refractivity contribution in [3.05, 3.63) is 47.8 Å². The summed E-state index contributed by atoms with van der Waals surface area (Å²) in [6.45, 7) is 3.05. The molecule has 1 aliphatic heterocycles. The van der Waals surface area contributed by atoms with Crippen LogP contribution in [0.2, 0.25) is 0 Å². The molecule has 0 spiro atoms. The highest BCUT2D eigenvalue weighted by Crippen LogP contribution is 2.35. The fraction of sp³-hybridized carbons (Fsp3) is 0.316. The number of hydrogen-bond acceptors (Lipinski definition) is 6. The minimum Gasteiger partial charge on any atom is -0.479 e. The monoisotopic (exact) mass is 418 g/mol. The Morgan fingerprint density at radius 2 is 2.10 bits per heavy atom. The molecule has 0 bridgehead atoms. The lowest BCUT2D eigenvalue weighted by atomic mass is 10.1. The molecule has 0 fully saturated rings. The molecule has 0 saturated heterocycles. The first kappa shape index (κ1) is 20.7. The zero-order chi connectivity index (χ0) is 21.2. The first-order valence-corrected chi connectivity index (χ1v) is 10.4. The van der Waals surface area contributed by atoms with Crippen LogP contribution in [0.5, 0.6) is 5.75 Å². The van der Waals surface area contributed by atoms with Crippen molar-refractivity contribution >= 4 is 27.5 Å². The molecule has 1 aromatic carbocycles. The van der Waals surface area contributed by atoms with Crippen molar-refractivity contribution in [2.75, 3.05) is 18.9 Å². The largest absolute Gasteiger partial charge is 0.479 e. The van der Waals surface area contributed by atoms with E-state index in [1.165, 1.54) is 13.1 Å². The smallest absolute Gasteiger partial charge is 0.265 e. The van der Waals surface area contributed by atoms with Crippen LogP contribution in [0.25, 0.3) is 0 Å². The number of aromatic nitrogens is 1. The van der Waals surface area contributed by atoms with E-state index in [4.69, 9.17) is 4.74 Å². The second-order valence-electron chi connectivity index (χ2n) is 6.72. The van der Waals surface area contributed by atoms with Gasteiger partial charge in [0, 0.05) is 19.3 Å². The van der Waals surface area contributed by atoms with E-state index in [1.807, 2.05) is 0 Å². The van der Waals surface area contributed by atoms with E-state index in [0.29, 0.717) is 16.9 Å². The SMILES string of the molecule is Cc1cc2c(cc1S(=O)(=O)N(C)CC(=O)NCc1ccccn1)O[C@@H](C)C(=O)N2. The number of anilines is 1. The summed E-state index contributed by atoms with van der Waals surface area (Å²) >= 11 is 0. The third kappa shape index (κ3) is 4.54. The molecule has 2 amide bonds. The minimum absolute atomic E-state index is 0.0135. The number of likely N-dealkylation sites (N-methyl/N-ethyl adjacent to an activating group) is 1. The first-order chi connectivity index (χ1) is 13.7. The third-order valence-electron chi connectivity index (χ3n) is 4.46. The second-order valence-corrected chi connectivity index (χ2v) is 8.74. The number of aryl methyl sites for hydroxylation is 1. The van der Waals surface area contributed by atoms with Crippen LogP contribution in [-0.2, 0) is 26.2 Å². The molecule has 29 heavy (non-hydrogen) atoms. The van der Waals surface area contributed by atoms with Gasteiger partial charge in [0.15, 0.2) is 6.10 Å². The number of nitrogens with zero attached hydrogens (tertiary/aromatic N) is 2. The van der Waals surface area contributed by atoms with Crippen molar-refractivity contribution in [1.29, 1.82) is 0 Å². The zero-order valence-corrected chi connectivity index (χ0v) is 17.1. The maximum atomic E-state index is 13.0. The fourth-order valence-electron chi connectivity index (χ4n) is 2.82. The third-order valence-corrected chi connectivity index (χ3v) is 6.40. The molecule has 2 aromatic rings. The summed E-state index contributed by atoms with van der Waals surface area (Å²) in [6.07, 6.45) is 0.887. The Balaban J connectivity index is 1.73. The second kappa shape index (κ2) is 8.18. The highest BCUT2D eigenvalue weighted by Gasteiger charge is 2.30. The molecule has 1 atom stereocenters. The molecular formula is C19H22N4O5S. The van der Waals surface area contributed by atoms with Crippen LogP contribution < -0.4 is 15.4 Å². The average molecular weight is 418 g/mol. The predicted molar refractivity (Wildman–Crippen MR) is 106 cm³/mol. The number of carbonyl (C=O) groups excluding carboxylic acids is 2. The molecule has 2 heterocycles. The summed E-state index contributed by atoms with van der Waals surface area (Å²) in [4.78, 5) is 28.0. The Morgan fingerprint density at radius 3 is 2.79 bits per heavy atom. The topological polar surface area (TPSA) is 118 Å². The Bertz CT molecular complexity index is 1040. The lowest BCUT2D eigenvalue weighted by molar-refractivity contribution is -0.123. The van der Waals surface area contributed by atoms with Crippen molar-refractivity contribution in [3.8, 4) is 5.75 Å². The molecule has 9 nitrogen and oxygen atoms in total. The first-order valence-electron chi connectivity index (χ1n) is 8.93. The Morgan fingerprint density at radius 1 is 1.34 bits per heavy atom. The highest BCUT2D eigenvalue weighted by atomic mass is 32.2. The lowest BCUT2D eigenvalue weighted by Gasteiger charge is -2.25. The maximum Gasteiger partial charge on any atom is 0.265 e. The number of fused-ring (bicyclic) bond motifs is 1. The molecule has 1 aromatic heterocycles. The predicted octanol–water partition coefficient (Wildman–Crippen LogP) is 1.05. The number of ether oxygens (including phenoxy) is 1. The Kier molecular flexibility index (Phi) is 5.85. The molecule has 3 rings (SSSR count). The standard InChI is InChI=1S/C19H22N4O5S/c1-12-8-15-16(28-13(2)19(25)22-15)9-17(12)29(26,27)23(3)11-18(24)21-10-14-6-4-5-7-20-14/h4-9,13H,10-11H2,1-3H3,(H,21,24)(H,22,25)/t13-/m0/s1. The van der Waals surface area contributed by atoms with Crippen LogP contribution in [0.4, 0.5) is 5.69 Å². The number of rotatable bonds is 6.